The van der Waals surface area contributed by atoms with Crippen molar-refractivity contribution in [2.75, 3.05) is 39.3 Å². The topological polar surface area (TPSA) is 71.3 Å². The zero-order chi connectivity index (χ0) is 19.3. The molecule has 6 nitrogen and oxygen atoms in total. The van der Waals surface area contributed by atoms with E-state index in [0.717, 1.165) is 21.9 Å². The fraction of sp³-hybridized carbons (Fsp3) is 0.444. The van der Waals surface area contributed by atoms with Crippen LogP contribution < -0.4 is 4.90 Å². The summed E-state index contributed by atoms with van der Waals surface area (Å²) < 4.78 is 45.2. The van der Waals surface area contributed by atoms with E-state index in [4.69, 9.17) is 4.74 Å². The molecule has 0 amide bonds. The van der Waals surface area contributed by atoms with Gasteiger partial charge >= 0.3 is 0 Å². The molecule has 0 aliphatic carbocycles. The average molecular weight is 416 g/mol. The third kappa shape index (κ3) is 5.56. The molecule has 1 aliphatic rings. The van der Waals surface area contributed by atoms with Crippen LogP contribution in [0.1, 0.15) is 4.88 Å². The Morgan fingerprint density at radius 1 is 1.22 bits per heavy atom. The Kier molecular flexibility index (Phi) is 6.96. The number of aliphatic hydroxyl groups is 1. The summed E-state index contributed by atoms with van der Waals surface area (Å²) in [6.45, 7) is 3.25. The molecule has 1 aromatic heterocycles. The first-order valence-electron chi connectivity index (χ1n) is 8.82. The maximum absolute atomic E-state index is 13.0. The van der Waals surface area contributed by atoms with E-state index in [1.807, 2.05) is 17.5 Å². The number of quaternary nitrogens is 1. The molecule has 0 unspecified atom stereocenters. The van der Waals surface area contributed by atoms with Gasteiger partial charge in [0, 0.05) is 4.88 Å². The lowest BCUT2D eigenvalue weighted by atomic mass is 10.3. The van der Waals surface area contributed by atoms with Gasteiger partial charge in [-0.05, 0) is 35.7 Å². The zero-order valence-electron chi connectivity index (χ0n) is 14.9. The summed E-state index contributed by atoms with van der Waals surface area (Å²) in [5.74, 6) is -0.460. The van der Waals surface area contributed by atoms with Crippen LogP contribution in [0.25, 0.3) is 0 Å². The predicted octanol–water partition coefficient (Wildman–Crippen LogP) is 0.354. The van der Waals surface area contributed by atoms with Crippen molar-refractivity contribution in [2.45, 2.75) is 17.6 Å². The number of halogens is 1. The van der Waals surface area contributed by atoms with Crippen LogP contribution in [-0.2, 0) is 21.4 Å². The Balaban J connectivity index is 1.43. The Bertz CT molecular complexity index is 804. The number of thiophene rings is 1. The summed E-state index contributed by atoms with van der Waals surface area (Å²) in [7, 11) is -3.60. The summed E-state index contributed by atoms with van der Waals surface area (Å²) >= 11 is 1.62. The van der Waals surface area contributed by atoms with E-state index in [1.54, 1.807) is 11.3 Å². The highest BCUT2D eigenvalue weighted by Crippen LogP contribution is 2.16. The minimum atomic E-state index is -3.60. The zero-order valence-corrected chi connectivity index (χ0v) is 16.5. The number of hydrogen-bond donors (Lipinski definition) is 2. The summed E-state index contributed by atoms with van der Waals surface area (Å²) in [6.07, 6.45) is -0.583. The number of ether oxygens (including phenoxy) is 1. The van der Waals surface area contributed by atoms with Gasteiger partial charge in [-0.1, -0.05) is 6.07 Å². The third-order valence-electron chi connectivity index (χ3n) is 4.54. The molecule has 2 heterocycles. The van der Waals surface area contributed by atoms with Gasteiger partial charge in [0.15, 0.2) is 0 Å². The molecule has 2 aromatic rings. The first-order chi connectivity index (χ1) is 12.9. The van der Waals surface area contributed by atoms with Crippen LogP contribution in [0.4, 0.5) is 4.39 Å². The highest BCUT2D eigenvalue weighted by Gasteiger charge is 2.31. The molecule has 9 heteroatoms. The summed E-state index contributed by atoms with van der Waals surface area (Å²) in [5, 5.41) is 12.1. The second-order valence-corrected chi connectivity index (χ2v) is 9.53. The smallest absolute Gasteiger partial charge is 0.243 e. The largest absolute Gasteiger partial charge is 0.385 e. The highest BCUT2D eigenvalue weighted by atomic mass is 32.2. The van der Waals surface area contributed by atoms with E-state index in [1.165, 1.54) is 16.4 Å². The Hall–Kier alpha value is -1.36. The molecule has 1 aromatic carbocycles. The molecule has 0 bridgehead atoms. The van der Waals surface area contributed by atoms with Gasteiger partial charge < -0.3 is 14.7 Å². The third-order valence-corrected chi connectivity index (χ3v) is 7.30. The van der Waals surface area contributed by atoms with Crippen molar-refractivity contribution in [1.82, 2.24) is 4.31 Å². The molecule has 1 fully saturated rings. The molecular weight excluding hydrogens is 391 g/mol. The number of piperazine rings is 1. The maximum atomic E-state index is 13.0. The van der Waals surface area contributed by atoms with Gasteiger partial charge in [0.05, 0.1) is 44.3 Å². The molecule has 1 saturated heterocycles. The van der Waals surface area contributed by atoms with Gasteiger partial charge in [0.1, 0.15) is 18.5 Å². The van der Waals surface area contributed by atoms with Crippen molar-refractivity contribution in [1.29, 1.82) is 0 Å². The molecule has 0 radical (unpaired) electrons. The minimum Gasteiger partial charge on any atom is -0.385 e. The van der Waals surface area contributed by atoms with Crippen molar-refractivity contribution < 1.29 is 27.6 Å². The number of aliphatic hydroxyl groups excluding tert-OH is 1. The van der Waals surface area contributed by atoms with Crippen LogP contribution in [0.2, 0.25) is 0 Å². The molecule has 0 spiro atoms. The van der Waals surface area contributed by atoms with Gasteiger partial charge in [-0.25, -0.2) is 12.8 Å². The Morgan fingerprint density at radius 2 is 1.93 bits per heavy atom. The number of hydrogen-bond acceptors (Lipinski definition) is 5. The van der Waals surface area contributed by atoms with E-state index in [9.17, 15) is 17.9 Å². The highest BCUT2D eigenvalue weighted by molar-refractivity contribution is 7.89. The van der Waals surface area contributed by atoms with Crippen molar-refractivity contribution in [3.8, 4) is 0 Å². The van der Waals surface area contributed by atoms with Crippen LogP contribution in [0.3, 0.4) is 0 Å². The van der Waals surface area contributed by atoms with Crippen LogP contribution in [-0.4, -0.2) is 63.3 Å². The van der Waals surface area contributed by atoms with Gasteiger partial charge in [0.25, 0.3) is 0 Å². The average Bonchev–Trinajstić information content (AvgIpc) is 3.16. The summed E-state index contributed by atoms with van der Waals surface area (Å²) in [4.78, 5) is 2.37. The van der Waals surface area contributed by atoms with Crippen molar-refractivity contribution in [3.63, 3.8) is 0 Å². The minimum absolute atomic E-state index is 0.106. The van der Waals surface area contributed by atoms with Gasteiger partial charge in [-0.3, -0.25) is 0 Å². The van der Waals surface area contributed by atoms with E-state index in [2.05, 4.69) is 0 Å². The van der Waals surface area contributed by atoms with Gasteiger partial charge in [-0.2, -0.15) is 4.31 Å². The summed E-state index contributed by atoms with van der Waals surface area (Å²) in [5.41, 5.74) is 0. The molecule has 27 heavy (non-hydrogen) atoms. The Labute approximate surface area is 162 Å². The van der Waals surface area contributed by atoms with Crippen LogP contribution >= 0.6 is 11.3 Å². The second-order valence-electron chi connectivity index (χ2n) is 6.56. The van der Waals surface area contributed by atoms with Crippen LogP contribution in [0, 0.1) is 5.82 Å². The molecule has 2 N–H and O–H groups in total. The molecule has 3 rings (SSSR count). The summed E-state index contributed by atoms with van der Waals surface area (Å²) in [6, 6.07) is 8.84. The normalized spacial score (nSPS) is 17.9. The monoisotopic (exact) mass is 415 g/mol. The van der Waals surface area contributed by atoms with Crippen molar-refractivity contribution in [3.05, 3.63) is 52.5 Å². The fourth-order valence-electron chi connectivity index (χ4n) is 3.08. The van der Waals surface area contributed by atoms with Gasteiger partial charge in [-0.15, -0.1) is 11.3 Å². The van der Waals surface area contributed by atoms with Crippen LogP contribution in [0.15, 0.2) is 46.7 Å². The number of sulfonamides is 1. The fourth-order valence-corrected chi connectivity index (χ4v) is 5.17. The first kappa shape index (κ1) is 20.4. The van der Waals surface area contributed by atoms with Gasteiger partial charge in [0.2, 0.25) is 10.0 Å². The maximum Gasteiger partial charge on any atom is 0.243 e. The standard InChI is InChI=1S/C18H23FN2O4S2/c19-15-3-5-18(6-4-15)27(23,24)21-9-7-20(8-10-21)12-16(22)13-25-14-17-2-1-11-26-17/h1-6,11,16,22H,7-10,12-14H2/p+1/t16-/m0/s1. The van der Waals surface area contributed by atoms with Crippen molar-refractivity contribution in [2.24, 2.45) is 0 Å². The van der Waals surface area contributed by atoms with Crippen LogP contribution in [0.5, 0.6) is 0 Å². The molecular formula is C18H24FN2O4S2+. The predicted molar refractivity (Wildman–Crippen MR) is 101 cm³/mol. The lowest BCUT2D eigenvalue weighted by molar-refractivity contribution is -0.906. The second kappa shape index (κ2) is 9.22. The number of nitrogens with zero attached hydrogens (tertiary/aromatic N) is 1. The molecule has 0 saturated carbocycles. The first-order valence-corrected chi connectivity index (χ1v) is 11.1. The number of benzene rings is 1. The van der Waals surface area contributed by atoms with Crippen molar-refractivity contribution >= 4 is 21.4 Å². The van der Waals surface area contributed by atoms with E-state index in [0.29, 0.717) is 39.3 Å². The van der Waals surface area contributed by atoms with E-state index in [-0.39, 0.29) is 11.5 Å². The number of nitrogens with one attached hydrogen (secondary N) is 1. The number of rotatable bonds is 8. The SMILES string of the molecule is O=S(=O)(c1ccc(F)cc1)N1CC[NH+](C[C@H](O)COCc2cccs2)CC1. The van der Waals surface area contributed by atoms with E-state index >= 15 is 0 Å². The lowest BCUT2D eigenvalue weighted by Gasteiger charge is -2.32. The van der Waals surface area contributed by atoms with E-state index < -0.39 is 21.9 Å². The Morgan fingerprint density at radius 3 is 2.56 bits per heavy atom. The molecule has 148 valence electrons. The molecule has 1 atom stereocenters. The molecule has 1 aliphatic heterocycles. The lowest BCUT2D eigenvalue weighted by Crippen LogP contribution is -3.15. The quantitative estimate of drug-likeness (QED) is 0.653.